The van der Waals surface area contributed by atoms with Crippen LogP contribution in [0.15, 0.2) is 59.2 Å². The van der Waals surface area contributed by atoms with E-state index >= 15 is 0 Å². The number of rotatable bonds is 2. The van der Waals surface area contributed by atoms with Gasteiger partial charge in [-0.3, -0.25) is 0 Å². The summed E-state index contributed by atoms with van der Waals surface area (Å²) >= 11 is 3.57. The molecule has 0 radical (unpaired) electrons. The van der Waals surface area contributed by atoms with Crippen LogP contribution in [0, 0.1) is 11.3 Å². The van der Waals surface area contributed by atoms with Gasteiger partial charge in [0.15, 0.2) is 0 Å². The summed E-state index contributed by atoms with van der Waals surface area (Å²) in [5.74, 6) is 0. The van der Waals surface area contributed by atoms with Crippen LogP contribution in [0.5, 0.6) is 0 Å². The summed E-state index contributed by atoms with van der Waals surface area (Å²) in [5.41, 5.74) is 3.09. The van der Waals surface area contributed by atoms with E-state index in [4.69, 9.17) is 5.26 Å². The van der Waals surface area contributed by atoms with Crippen LogP contribution in [-0.4, -0.2) is 4.57 Å². The molecule has 0 N–H and O–H groups in total. The van der Waals surface area contributed by atoms with Crippen LogP contribution in [0.25, 0.3) is 10.9 Å². The molecule has 2 aromatic carbocycles. The van der Waals surface area contributed by atoms with Gasteiger partial charge in [-0.15, -0.1) is 0 Å². The van der Waals surface area contributed by atoms with Crippen molar-refractivity contribution in [3.05, 3.63) is 70.3 Å². The highest BCUT2D eigenvalue weighted by atomic mass is 79.9. The number of nitriles is 1. The largest absolute Gasteiger partial charge is 0.343 e. The van der Waals surface area contributed by atoms with Crippen molar-refractivity contribution >= 4 is 26.8 Å². The quantitative estimate of drug-likeness (QED) is 0.693. The van der Waals surface area contributed by atoms with Crippen LogP contribution in [0.4, 0.5) is 0 Å². The van der Waals surface area contributed by atoms with E-state index in [1.54, 1.807) is 0 Å². The minimum Gasteiger partial charge on any atom is -0.343 e. The van der Waals surface area contributed by atoms with Crippen LogP contribution in [0.3, 0.4) is 0 Å². The fourth-order valence-electron chi connectivity index (χ4n) is 2.22. The molecule has 0 aliphatic heterocycles. The molecule has 0 saturated heterocycles. The fourth-order valence-corrected chi connectivity index (χ4v) is 2.63. The summed E-state index contributed by atoms with van der Waals surface area (Å²) in [4.78, 5) is 0. The Morgan fingerprint density at radius 2 is 1.95 bits per heavy atom. The second-order valence-corrected chi connectivity index (χ2v) is 5.27. The van der Waals surface area contributed by atoms with Crippen LogP contribution >= 0.6 is 15.9 Å². The van der Waals surface area contributed by atoms with E-state index in [1.807, 2.05) is 36.4 Å². The van der Waals surface area contributed by atoms with Gasteiger partial charge in [-0.2, -0.15) is 5.26 Å². The third kappa shape index (κ3) is 2.27. The monoisotopic (exact) mass is 310 g/mol. The lowest BCUT2D eigenvalue weighted by atomic mass is 10.2. The molecule has 3 heteroatoms. The molecule has 92 valence electrons. The van der Waals surface area contributed by atoms with E-state index < -0.39 is 0 Å². The molecule has 0 aliphatic carbocycles. The zero-order chi connectivity index (χ0) is 13.2. The molecule has 0 spiro atoms. The van der Waals surface area contributed by atoms with Gasteiger partial charge >= 0.3 is 0 Å². The molecule has 0 bridgehead atoms. The van der Waals surface area contributed by atoms with Gasteiger partial charge in [0.1, 0.15) is 0 Å². The Morgan fingerprint density at radius 1 is 1.11 bits per heavy atom. The highest BCUT2D eigenvalue weighted by Crippen LogP contribution is 2.22. The summed E-state index contributed by atoms with van der Waals surface area (Å²) in [6, 6.07) is 18.2. The zero-order valence-corrected chi connectivity index (χ0v) is 11.8. The predicted molar refractivity (Wildman–Crippen MR) is 79.9 cm³/mol. The summed E-state index contributed by atoms with van der Waals surface area (Å²) < 4.78 is 3.31. The van der Waals surface area contributed by atoms with Gasteiger partial charge in [-0.25, -0.2) is 0 Å². The van der Waals surface area contributed by atoms with Gasteiger partial charge < -0.3 is 4.57 Å². The Labute approximate surface area is 120 Å². The van der Waals surface area contributed by atoms with Crippen molar-refractivity contribution in [2.24, 2.45) is 0 Å². The van der Waals surface area contributed by atoms with Crippen LogP contribution < -0.4 is 0 Å². The first-order valence-corrected chi connectivity index (χ1v) is 6.79. The number of aromatic nitrogens is 1. The summed E-state index contributed by atoms with van der Waals surface area (Å²) in [5, 5.41) is 10.0. The first-order valence-electron chi connectivity index (χ1n) is 6.00. The number of fused-ring (bicyclic) bond motifs is 1. The summed E-state index contributed by atoms with van der Waals surface area (Å²) in [7, 11) is 0. The van der Waals surface area contributed by atoms with E-state index in [-0.39, 0.29) is 0 Å². The summed E-state index contributed by atoms with van der Waals surface area (Å²) in [6.07, 6.45) is 2.06. The molecule has 3 aromatic rings. The normalized spacial score (nSPS) is 10.5. The molecule has 2 nitrogen and oxygen atoms in total. The van der Waals surface area contributed by atoms with Crippen molar-refractivity contribution in [3.63, 3.8) is 0 Å². The molecule has 1 heterocycles. The van der Waals surface area contributed by atoms with Gasteiger partial charge in [-0.05, 0) is 35.9 Å². The lowest BCUT2D eigenvalue weighted by Crippen LogP contribution is -1.98. The molecule has 0 unspecified atom stereocenters. The summed E-state index contributed by atoms with van der Waals surface area (Å²) in [6.45, 7) is 0.816. The first-order chi connectivity index (χ1) is 9.28. The smallest absolute Gasteiger partial charge is 0.0991 e. The Morgan fingerprint density at radius 3 is 2.74 bits per heavy atom. The highest BCUT2D eigenvalue weighted by molar-refractivity contribution is 9.10. The van der Waals surface area contributed by atoms with Crippen molar-refractivity contribution in [2.45, 2.75) is 6.54 Å². The Bertz CT molecular complexity index is 781. The van der Waals surface area contributed by atoms with Crippen molar-refractivity contribution in [2.75, 3.05) is 0 Å². The number of halogens is 1. The maximum Gasteiger partial charge on any atom is 0.0991 e. The van der Waals surface area contributed by atoms with Crippen LogP contribution in [0.1, 0.15) is 11.1 Å². The van der Waals surface area contributed by atoms with Crippen molar-refractivity contribution in [1.82, 2.24) is 4.57 Å². The molecular formula is C16H11BrN2. The number of nitrogens with zero attached hydrogens (tertiary/aromatic N) is 2. The molecule has 0 saturated carbocycles. The number of hydrogen-bond donors (Lipinski definition) is 0. The Hall–Kier alpha value is -2.05. The van der Waals surface area contributed by atoms with E-state index in [9.17, 15) is 0 Å². The molecule has 3 rings (SSSR count). The lowest BCUT2D eigenvalue weighted by molar-refractivity contribution is 0.833. The second kappa shape index (κ2) is 4.91. The molecule has 19 heavy (non-hydrogen) atoms. The average molecular weight is 311 g/mol. The Kier molecular flexibility index (Phi) is 3.10. The lowest BCUT2D eigenvalue weighted by Gasteiger charge is -2.07. The Balaban J connectivity index is 2.03. The van der Waals surface area contributed by atoms with Crippen molar-refractivity contribution < 1.29 is 0 Å². The van der Waals surface area contributed by atoms with Crippen LogP contribution in [0.2, 0.25) is 0 Å². The van der Waals surface area contributed by atoms with E-state index in [0.29, 0.717) is 5.56 Å². The van der Waals surface area contributed by atoms with E-state index in [0.717, 1.165) is 21.9 Å². The van der Waals surface area contributed by atoms with Crippen LogP contribution in [-0.2, 0) is 6.54 Å². The number of benzene rings is 2. The topological polar surface area (TPSA) is 28.7 Å². The molecule has 0 aliphatic rings. The highest BCUT2D eigenvalue weighted by Gasteiger charge is 2.04. The zero-order valence-electron chi connectivity index (χ0n) is 10.2. The minimum atomic E-state index is 0.700. The maximum atomic E-state index is 8.91. The van der Waals surface area contributed by atoms with Gasteiger partial charge in [0.25, 0.3) is 0 Å². The first kappa shape index (κ1) is 12.0. The maximum absolute atomic E-state index is 8.91. The molecule has 0 amide bonds. The number of hydrogen-bond acceptors (Lipinski definition) is 1. The van der Waals surface area contributed by atoms with Gasteiger partial charge in [-0.1, -0.05) is 34.1 Å². The molecule has 1 aromatic heterocycles. The van der Waals surface area contributed by atoms with Gasteiger partial charge in [0.2, 0.25) is 0 Å². The molecule has 0 fully saturated rings. The average Bonchev–Trinajstić information content (AvgIpc) is 2.83. The van der Waals surface area contributed by atoms with E-state index in [1.165, 1.54) is 5.56 Å². The molecule has 0 atom stereocenters. The van der Waals surface area contributed by atoms with E-state index in [2.05, 4.69) is 44.9 Å². The van der Waals surface area contributed by atoms with Crippen molar-refractivity contribution in [3.8, 4) is 6.07 Å². The minimum absolute atomic E-state index is 0.700. The second-order valence-electron chi connectivity index (χ2n) is 4.42. The van der Waals surface area contributed by atoms with Crippen molar-refractivity contribution in [1.29, 1.82) is 5.26 Å². The third-order valence-electron chi connectivity index (χ3n) is 3.20. The van der Waals surface area contributed by atoms with Gasteiger partial charge in [0, 0.05) is 28.1 Å². The fraction of sp³-hybridized carbons (Fsp3) is 0.0625. The van der Waals surface area contributed by atoms with Gasteiger partial charge in [0.05, 0.1) is 11.6 Å². The SMILES string of the molecule is N#Cc1ccc2c(ccn2Cc2ccccc2Br)c1. The predicted octanol–water partition coefficient (Wildman–Crippen LogP) is 4.32. The standard InChI is InChI=1S/C16H11BrN2/c17-15-4-2-1-3-14(15)11-19-8-7-13-9-12(10-18)5-6-16(13)19/h1-9H,11H2. The molecular weight excluding hydrogens is 300 g/mol. The third-order valence-corrected chi connectivity index (χ3v) is 3.97.